The van der Waals surface area contributed by atoms with E-state index in [0.29, 0.717) is 5.56 Å². The van der Waals surface area contributed by atoms with Crippen molar-refractivity contribution in [3.05, 3.63) is 101 Å². The van der Waals surface area contributed by atoms with Gasteiger partial charge in [-0.1, -0.05) is 60.7 Å². The van der Waals surface area contributed by atoms with E-state index in [1.807, 2.05) is 60.7 Å². The molecule has 1 aromatic heterocycles. The first-order valence-corrected chi connectivity index (χ1v) is 8.75. The highest BCUT2D eigenvalue weighted by molar-refractivity contribution is 5.73. The monoisotopic (exact) mass is 361 g/mol. The Morgan fingerprint density at radius 3 is 2.07 bits per heavy atom. The lowest BCUT2D eigenvalue weighted by Crippen LogP contribution is -2.36. The second kappa shape index (κ2) is 8.01. The molecule has 5 nitrogen and oxygen atoms in total. The minimum absolute atomic E-state index is 0.201. The summed E-state index contributed by atoms with van der Waals surface area (Å²) in [6.45, 7) is 0.266. The molecule has 2 N–H and O–H groups in total. The largest absolute Gasteiger partial charge is 0.376 e. The molecule has 0 aliphatic rings. The van der Waals surface area contributed by atoms with Crippen molar-refractivity contribution in [1.29, 1.82) is 0 Å². The third-order valence-corrected chi connectivity index (χ3v) is 4.51. The van der Waals surface area contributed by atoms with Gasteiger partial charge in [0.1, 0.15) is 5.60 Å². The molecule has 27 heavy (non-hydrogen) atoms. The van der Waals surface area contributed by atoms with Gasteiger partial charge in [-0.25, -0.2) is 4.79 Å². The van der Waals surface area contributed by atoms with Gasteiger partial charge in [0.25, 0.3) is 0 Å². The van der Waals surface area contributed by atoms with Crippen molar-refractivity contribution in [3.8, 4) is 0 Å². The predicted octanol–water partition coefficient (Wildman–Crippen LogP) is 3.14. The van der Waals surface area contributed by atoms with Crippen LogP contribution in [0.15, 0.2) is 79.1 Å². The molecule has 0 aliphatic carbocycles. The summed E-state index contributed by atoms with van der Waals surface area (Å²) in [6.07, 6.45) is 3.34. The van der Waals surface area contributed by atoms with Crippen LogP contribution in [0, 0.1) is 0 Å². The van der Waals surface area contributed by atoms with E-state index in [1.165, 1.54) is 4.90 Å². The molecule has 0 radical (unpaired) electrons. The highest BCUT2D eigenvalue weighted by atomic mass is 16.3. The van der Waals surface area contributed by atoms with Crippen LogP contribution in [0.25, 0.3) is 0 Å². The molecule has 0 spiro atoms. The molecule has 3 rings (SSSR count). The van der Waals surface area contributed by atoms with Gasteiger partial charge in [0.2, 0.25) is 0 Å². The normalized spacial score (nSPS) is 11.1. The van der Waals surface area contributed by atoms with Gasteiger partial charge in [-0.3, -0.25) is 4.98 Å². The van der Waals surface area contributed by atoms with Crippen LogP contribution in [0.1, 0.15) is 22.3 Å². The molecular formula is C22H23N3O2. The molecule has 3 aromatic rings. The second-order valence-corrected chi connectivity index (χ2v) is 6.53. The number of carbonyl (C=O) groups excluding carboxylic acids is 1. The molecule has 5 heteroatoms. The lowest BCUT2D eigenvalue weighted by Gasteiger charge is -2.32. The van der Waals surface area contributed by atoms with Gasteiger partial charge in [-0.15, -0.1) is 0 Å². The maximum absolute atomic E-state index is 11.9. The van der Waals surface area contributed by atoms with Crippen LogP contribution < -0.4 is 5.32 Å². The third-order valence-electron chi connectivity index (χ3n) is 4.51. The van der Waals surface area contributed by atoms with E-state index < -0.39 is 5.60 Å². The summed E-state index contributed by atoms with van der Waals surface area (Å²) in [7, 11) is 3.37. The zero-order chi connectivity index (χ0) is 19.3. The number of nitrogens with zero attached hydrogens (tertiary/aromatic N) is 2. The van der Waals surface area contributed by atoms with Gasteiger partial charge < -0.3 is 15.3 Å². The number of urea groups is 1. The Kier molecular flexibility index (Phi) is 5.52. The number of benzene rings is 2. The van der Waals surface area contributed by atoms with Crippen LogP contribution in [0.4, 0.5) is 4.79 Å². The van der Waals surface area contributed by atoms with Gasteiger partial charge in [0.15, 0.2) is 0 Å². The number of rotatable bonds is 5. The summed E-state index contributed by atoms with van der Waals surface area (Å²) in [6, 6.07) is 20.6. The van der Waals surface area contributed by atoms with E-state index in [4.69, 9.17) is 0 Å². The van der Waals surface area contributed by atoms with E-state index in [2.05, 4.69) is 10.3 Å². The van der Waals surface area contributed by atoms with Crippen molar-refractivity contribution >= 4 is 6.03 Å². The Morgan fingerprint density at radius 1 is 1.00 bits per heavy atom. The fourth-order valence-corrected chi connectivity index (χ4v) is 3.09. The van der Waals surface area contributed by atoms with Crippen molar-refractivity contribution < 1.29 is 9.90 Å². The van der Waals surface area contributed by atoms with Crippen LogP contribution >= 0.6 is 0 Å². The average molecular weight is 361 g/mol. The molecular weight excluding hydrogens is 338 g/mol. The number of aromatic nitrogens is 1. The predicted molar refractivity (Wildman–Crippen MR) is 105 cm³/mol. The van der Waals surface area contributed by atoms with Crippen molar-refractivity contribution in [2.45, 2.75) is 12.1 Å². The van der Waals surface area contributed by atoms with E-state index in [9.17, 15) is 9.90 Å². The summed E-state index contributed by atoms with van der Waals surface area (Å²) >= 11 is 0. The SMILES string of the molecule is CN(C)C(=O)NCc1cnccc1C(O)(c1ccccc1)c1ccccc1. The molecule has 0 unspecified atom stereocenters. The topological polar surface area (TPSA) is 65.5 Å². The summed E-state index contributed by atoms with van der Waals surface area (Å²) < 4.78 is 0. The van der Waals surface area contributed by atoms with Crippen LogP contribution in [0.3, 0.4) is 0 Å². The fraction of sp³-hybridized carbons (Fsp3) is 0.182. The Bertz CT molecular complexity index is 856. The number of amides is 2. The fourth-order valence-electron chi connectivity index (χ4n) is 3.09. The van der Waals surface area contributed by atoms with Gasteiger partial charge in [-0.05, 0) is 22.8 Å². The van der Waals surface area contributed by atoms with Crippen molar-refractivity contribution in [3.63, 3.8) is 0 Å². The molecule has 1 heterocycles. The van der Waals surface area contributed by atoms with E-state index in [-0.39, 0.29) is 12.6 Å². The highest BCUT2D eigenvalue weighted by Gasteiger charge is 2.35. The third kappa shape index (κ3) is 3.83. The van der Waals surface area contributed by atoms with Crippen LogP contribution in [-0.4, -0.2) is 35.1 Å². The molecule has 0 fully saturated rings. The molecule has 2 aromatic carbocycles. The summed E-state index contributed by atoms with van der Waals surface area (Å²) in [4.78, 5) is 17.6. The van der Waals surface area contributed by atoms with E-state index >= 15 is 0 Å². The first-order valence-electron chi connectivity index (χ1n) is 8.75. The number of nitrogens with one attached hydrogen (secondary N) is 1. The maximum atomic E-state index is 11.9. The quantitative estimate of drug-likeness (QED) is 0.734. The number of aliphatic hydroxyl groups is 1. The first-order chi connectivity index (χ1) is 13.0. The zero-order valence-electron chi connectivity index (χ0n) is 15.5. The van der Waals surface area contributed by atoms with Gasteiger partial charge in [0, 0.05) is 38.6 Å². The Hall–Kier alpha value is -3.18. The molecule has 2 amide bonds. The van der Waals surface area contributed by atoms with Crippen molar-refractivity contribution in [1.82, 2.24) is 15.2 Å². The second-order valence-electron chi connectivity index (χ2n) is 6.53. The first kappa shape index (κ1) is 18.6. The molecule has 0 atom stereocenters. The van der Waals surface area contributed by atoms with Crippen LogP contribution in [0.2, 0.25) is 0 Å². The summed E-state index contributed by atoms with van der Waals surface area (Å²) in [5, 5.41) is 14.8. The average Bonchev–Trinajstić information content (AvgIpc) is 2.72. The Morgan fingerprint density at radius 2 is 1.56 bits per heavy atom. The van der Waals surface area contributed by atoms with Gasteiger partial charge in [0.05, 0.1) is 0 Å². The number of carbonyl (C=O) groups is 1. The number of hydrogen-bond donors (Lipinski definition) is 2. The number of hydrogen-bond acceptors (Lipinski definition) is 3. The van der Waals surface area contributed by atoms with Gasteiger partial charge >= 0.3 is 6.03 Å². The van der Waals surface area contributed by atoms with E-state index in [1.54, 1.807) is 32.6 Å². The summed E-state index contributed by atoms with van der Waals surface area (Å²) in [5.74, 6) is 0. The van der Waals surface area contributed by atoms with Crippen LogP contribution in [-0.2, 0) is 12.1 Å². The maximum Gasteiger partial charge on any atom is 0.317 e. The van der Waals surface area contributed by atoms with Crippen molar-refractivity contribution in [2.24, 2.45) is 0 Å². The van der Waals surface area contributed by atoms with Crippen molar-refractivity contribution in [2.75, 3.05) is 14.1 Å². The van der Waals surface area contributed by atoms with Crippen LogP contribution in [0.5, 0.6) is 0 Å². The molecule has 0 saturated heterocycles. The number of pyridine rings is 1. The highest BCUT2D eigenvalue weighted by Crippen LogP contribution is 2.37. The van der Waals surface area contributed by atoms with Gasteiger partial charge in [-0.2, -0.15) is 0 Å². The molecule has 0 saturated carbocycles. The molecule has 0 aliphatic heterocycles. The van der Waals surface area contributed by atoms with E-state index in [0.717, 1.165) is 16.7 Å². The summed E-state index contributed by atoms with van der Waals surface area (Å²) in [5.41, 5.74) is 1.59. The lowest BCUT2D eigenvalue weighted by molar-refractivity contribution is 0.124. The molecule has 0 bridgehead atoms. The standard InChI is InChI=1S/C22H23N3O2/c1-25(2)21(26)24-16-17-15-23-14-13-20(17)22(27,18-9-5-3-6-10-18)19-11-7-4-8-12-19/h3-15,27H,16H2,1-2H3,(H,24,26). The minimum Gasteiger partial charge on any atom is -0.376 e. The molecule has 138 valence electrons. The lowest BCUT2D eigenvalue weighted by atomic mass is 9.79. The Balaban J connectivity index is 2.11. The zero-order valence-corrected chi connectivity index (χ0v) is 15.5. The Labute approximate surface area is 159 Å². The minimum atomic E-state index is -1.36. The smallest absolute Gasteiger partial charge is 0.317 e.